The number of thiocarbonyl (C=S) groups is 1. The summed E-state index contributed by atoms with van der Waals surface area (Å²) in [7, 11) is 0. The molecule has 1 atom stereocenters. The highest BCUT2D eigenvalue weighted by Gasteiger charge is 2.17. The molecule has 2 aromatic rings. The third kappa shape index (κ3) is 6.68. The molecule has 1 unspecified atom stereocenters. The Bertz CT molecular complexity index is 900. The van der Waals surface area contributed by atoms with Gasteiger partial charge in [0, 0.05) is 22.8 Å². The number of ether oxygens (including phenoxy) is 3. The maximum Gasteiger partial charge on any atom is 0.261 e. The first kappa shape index (κ1) is 22.5. The fourth-order valence-corrected chi connectivity index (χ4v) is 3.57. The second-order valence-corrected chi connectivity index (χ2v) is 8.51. The summed E-state index contributed by atoms with van der Waals surface area (Å²) in [4.78, 5) is 12.7. The lowest BCUT2D eigenvalue weighted by molar-refractivity contribution is 0.0680. The molecule has 1 heterocycles. The molecule has 1 aliphatic heterocycles. The van der Waals surface area contributed by atoms with Crippen LogP contribution in [-0.4, -0.2) is 36.4 Å². The third-order valence-corrected chi connectivity index (χ3v) is 5.03. The number of carbonyl (C=O) groups is 1. The molecule has 1 amide bonds. The van der Waals surface area contributed by atoms with E-state index >= 15 is 0 Å². The molecule has 1 saturated heterocycles. The number of halogens is 1. The molecule has 2 aromatic carbocycles. The Balaban J connectivity index is 1.59. The Morgan fingerprint density at radius 2 is 2.13 bits per heavy atom. The molecule has 1 fully saturated rings. The van der Waals surface area contributed by atoms with Crippen LogP contribution < -0.4 is 20.1 Å². The van der Waals surface area contributed by atoms with Crippen molar-refractivity contribution < 1.29 is 19.0 Å². The zero-order chi connectivity index (χ0) is 21.5. The van der Waals surface area contributed by atoms with Gasteiger partial charge in [0.25, 0.3) is 5.91 Å². The molecule has 3 rings (SSSR count). The molecule has 160 valence electrons. The minimum absolute atomic E-state index is 0.0554. The first-order valence-electron chi connectivity index (χ1n) is 9.83. The number of anilines is 1. The summed E-state index contributed by atoms with van der Waals surface area (Å²) in [6, 6.07) is 12.7. The van der Waals surface area contributed by atoms with Crippen molar-refractivity contribution in [2.24, 2.45) is 0 Å². The number of amides is 1. The van der Waals surface area contributed by atoms with Gasteiger partial charge in [-0.3, -0.25) is 10.1 Å². The molecule has 30 heavy (non-hydrogen) atoms. The fourth-order valence-electron chi connectivity index (χ4n) is 3.00. The van der Waals surface area contributed by atoms with Crippen molar-refractivity contribution >= 4 is 44.9 Å². The highest BCUT2D eigenvalue weighted by molar-refractivity contribution is 9.10. The SMILES string of the molecule is CC(C)Oc1ccc(Br)cc1C(=O)NC(=S)Nc1cccc(OCC2CCCO2)c1. The van der Waals surface area contributed by atoms with Gasteiger partial charge in [0.15, 0.2) is 5.11 Å². The van der Waals surface area contributed by atoms with E-state index in [0.29, 0.717) is 23.7 Å². The molecule has 0 radical (unpaired) electrons. The van der Waals surface area contributed by atoms with E-state index in [2.05, 4.69) is 26.6 Å². The lowest BCUT2D eigenvalue weighted by atomic mass is 10.2. The Morgan fingerprint density at radius 1 is 1.30 bits per heavy atom. The molecule has 1 aliphatic rings. The molecule has 8 heteroatoms. The summed E-state index contributed by atoms with van der Waals surface area (Å²) in [5, 5.41) is 5.91. The number of rotatable bonds is 7. The van der Waals surface area contributed by atoms with Crippen LogP contribution in [0.25, 0.3) is 0 Å². The van der Waals surface area contributed by atoms with Gasteiger partial charge in [-0.05, 0) is 69.2 Å². The zero-order valence-electron chi connectivity index (χ0n) is 16.9. The maximum atomic E-state index is 12.7. The van der Waals surface area contributed by atoms with Crippen molar-refractivity contribution in [1.29, 1.82) is 0 Å². The van der Waals surface area contributed by atoms with E-state index in [4.69, 9.17) is 26.4 Å². The summed E-state index contributed by atoms with van der Waals surface area (Å²) in [6.45, 7) is 5.13. The Morgan fingerprint density at radius 3 is 2.87 bits per heavy atom. The molecule has 0 saturated carbocycles. The van der Waals surface area contributed by atoms with E-state index < -0.39 is 0 Å². The van der Waals surface area contributed by atoms with E-state index in [-0.39, 0.29) is 23.2 Å². The van der Waals surface area contributed by atoms with E-state index in [1.807, 2.05) is 44.2 Å². The van der Waals surface area contributed by atoms with Gasteiger partial charge in [0.1, 0.15) is 18.1 Å². The van der Waals surface area contributed by atoms with Crippen molar-refractivity contribution in [2.75, 3.05) is 18.5 Å². The standard InChI is InChI=1S/C22H25BrN2O4S/c1-14(2)29-20-9-8-15(23)11-19(20)21(26)25-22(30)24-16-5-3-6-17(12-16)28-13-18-7-4-10-27-18/h3,5-6,8-9,11-12,14,18H,4,7,10,13H2,1-2H3,(H2,24,25,26,30). The fraction of sp³-hybridized carbons (Fsp3) is 0.364. The number of nitrogens with one attached hydrogen (secondary N) is 2. The third-order valence-electron chi connectivity index (χ3n) is 4.33. The molecule has 0 aromatic heterocycles. The first-order valence-corrected chi connectivity index (χ1v) is 11.0. The normalized spacial score (nSPS) is 15.7. The van der Waals surface area contributed by atoms with Gasteiger partial charge in [-0.1, -0.05) is 22.0 Å². The first-order chi connectivity index (χ1) is 14.4. The monoisotopic (exact) mass is 492 g/mol. The van der Waals surface area contributed by atoms with E-state index in [1.165, 1.54) is 0 Å². The Hall–Kier alpha value is -2.16. The number of hydrogen-bond donors (Lipinski definition) is 2. The summed E-state index contributed by atoms with van der Waals surface area (Å²) >= 11 is 8.71. The highest BCUT2D eigenvalue weighted by Crippen LogP contribution is 2.24. The molecular formula is C22H25BrN2O4S. The van der Waals surface area contributed by atoms with Crippen molar-refractivity contribution in [3.8, 4) is 11.5 Å². The van der Waals surface area contributed by atoms with Crippen LogP contribution >= 0.6 is 28.1 Å². The smallest absolute Gasteiger partial charge is 0.261 e. The van der Waals surface area contributed by atoms with Crippen molar-refractivity contribution in [2.45, 2.75) is 38.9 Å². The second kappa shape index (κ2) is 10.7. The van der Waals surface area contributed by atoms with Crippen LogP contribution in [0.5, 0.6) is 11.5 Å². The number of hydrogen-bond acceptors (Lipinski definition) is 5. The lowest BCUT2D eigenvalue weighted by Gasteiger charge is -2.16. The van der Waals surface area contributed by atoms with Crippen molar-refractivity contribution in [3.05, 3.63) is 52.5 Å². The Labute approximate surface area is 190 Å². The molecule has 0 aliphatic carbocycles. The molecular weight excluding hydrogens is 468 g/mol. The largest absolute Gasteiger partial charge is 0.491 e. The second-order valence-electron chi connectivity index (χ2n) is 7.19. The Kier molecular flexibility index (Phi) is 8.07. The highest BCUT2D eigenvalue weighted by atomic mass is 79.9. The van der Waals surface area contributed by atoms with Crippen molar-refractivity contribution in [3.63, 3.8) is 0 Å². The predicted octanol–water partition coefficient (Wildman–Crippen LogP) is 4.92. The summed E-state index contributed by atoms with van der Waals surface area (Å²) < 4.78 is 17.9. The van der Waals surface area contributed by atoms with Crippen LogP contribution in [0.2, 0.25) is 0 Å². The average molecular weight is 493 g/mol. The van der Waals surface area contributed by atoms with Gasteiger partial charge in [0.2, 0.25) is 0 Å². The van der Waals surface area contributed by atoms with Gasteiger partial charge >= 0.3 is 0 Å². The summed E-state index contributed by atoms with van der Waals surface area (Å²) in [5.74, 6) is 0.859. The van der Waals surface area contributed by atoms with Crippen LogP contribution in [0.4, 0.5) is 5.69 Å². The predicted molar refractivity (Wildman–Crippen MR) is 125 cm³/mol. The molecule has 2 N–H and O–H groups in total. The van der Waals surface area contributed by atoms with Crippen LogP contribution in [-0.2, 0) is 4.74 Å². The summed E-state index contributed by atoms with van der Waals surface area (Å²) in [6.07, 6.45) is 2.19. The molecule has 6 nitrogen and oxygen atoms in total. The van der Waals surface area contributed by atoms with Gasteiger partial charge < -0.3 is 19.5 Å². The number of carbonyl (C=O) groups excluding carboxylic acids is 1. The van der Waals surface area contributed by atoms with Crippen molar-refractivity contribution in [1.82, 2.24) is 5.32 Å². The topological polar surface area (TPSA) is 68.8 Å². The quantitative estimate of drug-likeness (QED) is 0.534. The van der Waals surface area contributed by atoms with Crippen LogP contribution in [0.1, 0.15) is 37.0 Å². The molecule has 0 spiro atoms. The van der Waals surface area contributed by atoms with Gasteiger partial charge in [0.05, 0.1) is 17.8 Å². The minimum atomic E-state index is -0.352. The van der Waals surface area contributed by atoms with Crippen LogP contribution in [0.3, 0.4) is 0 Å². The maximum absolute atomic E-state index is 12.7. The molecule has 0 bridgehead atoms. The van der Waals surface area contributed by atoms with Gasteiger partial charge in [-0.25, -0.2) is 0 Å². The van der Waals surface area contributed by atoms with Crippen LogP contribution in [0, 0.1) is 0 Å². The average Bonchev–Trinajstić information content (AvgIpc) is 3.21. The van der Waals surface area contributed by atoms with E-state index in [1.54, 1.807) is 12.1 Å². The van der Waals surface area contributed by atoms with E-state index in [0.717, 1.165) is 29.6 Å². The summed E-state index contributed by atoms with van der Waals surface area (Å²) in [5.41, 5.74) is 1.12. The van der Waals surface area contributed by atoms with Gasteiger partial charge in [-0.15, -0.1) is 0 Å². The minimum Gasteiger partial charge on any atom is -0.491 e. The van der Waals surface area contributed by atoms with Gasteiger partial charge in [-0.2, -0.15) is 0 Å². The van der Waals surface area contributed by atoms with E-state index in [9.17, 15) is 4.79 Å². The zero-order valence-corrected chi connectivity index (χ0v) is 19.3. The number of benzene rings is 2. The lowest BCUT2D eigenvalue weighted by Crippen LogP contribution is -2.34. The van der Waals surface area contributed by atoms with Crippen LogP contribution in [0.15, 0.2) is 46.9 Å².